The monoisotopic (exact) mass is 326 g/mol. The SMILES string of the molecule is Cc1ccc(CNC(=O)CCC(C)N)c(OCC2CC2)c1.Cl. The fourth-order valence-corrected chi connectivity index (χ4v) is 2.08. The van der Waals surface area contributed by atoms with Crippen molar-refractivity contribution >= 4 is 18.3 Å². The molecule has 1 atom stereocenters. The highest BCUT2D eigenvalue weighted by Crippen LogP contribution is 2.30. The lowest BCUT2D eigenvalue weighted by molar-refractivity contribution is -0.121. The Hall–Kier alpha value is -1.26. The van der Waals surface area contributed by atoms with E-state index in [2.05, 4.69) is 12.2 Å². The number of rotatable bonds is 8. The van der Waals surface area contributed by atoms with Crippen LogP contribution in [0.5, 0.6) is 5.75 Å². The van der Waals surface area contributed by atoms with E-state index in [1.165, 1.54) is 18.4 Å². The summed E-state index contributed by atoms with van der Waals surface area (Å²) in [6.07, 6.45) is 3.73. The maximum Gasteiger partial charge on any atom is 0.220 e. The Kier molecular flexibility index (Phi) is 7.69. The fourth-order valence-electron chi connectivity index (χ4n) is 2.08. The third kappa shape index (κ3) is 6.67. The fraction of sp³-hybridized carbons (Fsp3) is 0.588. The van der Waals surface area contributed by atoms with Crippen LogP contribution >= 0.6 is 12.4 Å². The normalized spacial score (nSPS) is 14.9. The van der Waals surface area contributed by atoms with Crippen LogP contribution in [-0.4, -0.2) is 18.6 Å². The average molecular weight is 327 g/mol. The first-order valence-electron chi connectivity index (χ1n) is 7.79. The van der Waals surface area contributed by atoms with Crippen LogP contribution in [0.2, 0.25) is 0 Å². The number of carbonyl (C=O) groups is 1. The highest BCUT2D eigenvalue weighted by atomic mass is 35.5. The van der Waals surface area contributed by atoms with Gasteiger partial charge < -0.3 is 15.8 Å². The minimum atomic E-state index is 0. The third-order valence-corrected chi connectivity index (χ3v) is 3.70. The first kappa shape index (κ1) is 18.8. The van der Waals surface area contributed by atoms with Gasteiger partial charge in [0.1, 0.15) is 5.75 Å². The summed E-state index contributed by atoms with van der Waals surface area (Å²) < 4.78 is 5.90. The number of aryl methyl sites for hydroxylation is 1. The van der Waals surface area contributed by atoms with Crippen molar-refractivity contribution in [2.45, 2.75) is 52.1 Å². The minimum absolute atomic E-state index is 0. The quantitative estimate of drug-likeness (QED) is 0.772. The molecule has 0 radical (unpaired) electrons. The molecule has 0 spiro atoms. The van der Waals surface area contributed by atoms with Crippen molar-refractivity contribution in [3.05, 3.63) is 29.3 Å². The van der Waals surface area contributed by atoms with E-state index < -0.39 is 0 Å². The molecule has 1 unspecified atom stereocenters. The molecule has 1 aromatic carbocycles. The van der Waals surface area contributed by atoms with E-state index in [0.29, 0.717) is 19.4 Å². The van der Waals surface area contributed by atoms with Gasteiger partial charge in [-0.25, -0.2) is 0 Å². The molecule has 1 aromatic rings. The summed E-state index contributed by atoms with van der Waals surface area (Å²) in [6, 6.07) is 6.19. The van der Waals surface area contributed by atoms with E-state index >= 15 is 0 Å². The molecule has 5 heteroatoms. The van der Waals surface area contributed by atoms with Gasteiger partial charge in [-0.3, -0.25) is 4.79 Å². The number of amides is 1. The predicted molar refractivity (Wildman–Crippen MR) is 91.4 cm³/mol. The zero-order valence-electron chi connectivity index (χ0n) is 13.4. The molecule has 1 aliphatic rings. The highest BCUT2D eigenvalue weighted by molar-refractivity contribution is 5.85. The number of hydrogen-bond acceptors (Lipinski definition) is 3. The van der Waals surface area contributed by atoms with E-state index in [4.69, 9.17) is 10.5 Å². The lowest BCUT2D eigenvalue weighted by Crippen LogP contribution is -2.25. The average Bonchev–Trinajstić information content (AvgIpc) is 3.26. The van der Waals surface area contributed by atoms with Gasteiger partial charge in [0.2, 0.25) is 5.91 Å². The first-order valence-corrected chi connectivity index (χ1v) is 7.79. The molecule has 2 rings (SSSR count). The maximum absolute atomic E-state index is 11.8. The molecule has 1 fully saturated rings. The number of nitrogens with one attached hydrogen (secondary N) is 1. The van der Waals surface area contributed by atoms with Crippen LogP contribution < -0.4 is 15.8 Å². The molecule has 0 aromatic heterocycles. The minimum Gasteiger partial charge on any atom is -0.493 e. The highest BCUT2D eigenvalue weighted by Gasteiger charge is 2.22. The Balaban J connectivity index is 0.00000242. The molecule has 124 valence electrons. The Morgan fingerprint density at radius 3 is 2.82 bits per heavy atom. The predicted octanol–water partition coefficient (Wildman–Crippen LogP) is 2.95. The molecule has 0 aliphatic heterocycles. The molecular weight excluding hydrogens is 300 g/mol. The van der Waals surface area contributed by atoms with E-state index in [9.17, 15) is 4.79 Å². The summed E-state index contributed by atoms with van der Waals surface area (Å²) in [7, 11) is 0. The molecule has 22 heavy (non-hydrogen) atoms. The molecular formula is C17H27ClN2O2. The van der Waals surface area contributed by atoms with Crippen LogP contribution in [0.25, 0.3) is 0 Å². The number of ether oxygens (including phenoxy) is 1. The third-order valence-electron chi connectivity index (χ3n) is 3.70. The molecule has 0 heterocycles. The van der Waals surface area contributed by atoms with E-state index in [1.54, 1.807) is 0 Å². The number of benzene rings is 1. The van der Waals surface area contributed by atoms with Gasteiger partial charge in [0.25, 0.3) is 0 Å². The molecule has 0 bridgehead atoms. The van der Waals surface area contributed by atoms with E-state index in [0.717, 1.165) is 23.8 Å². The Bertz CT molecular complexity index is 488. The van der Waals surface area contributed by atoms with E-state index in [-0.39, 0.29) is 24.4 Å². The van der Waals surface area contributed by atoms with Crippen molar-refractivity contribution in [2.75, 3.05) is 6.61 Å². The molecule has 4 nitrogen and oxygen atoms in total. The van der Waals surface area contributed by atoms with Gasteiger partial charge in [0, 0.05) is 24.6 Å². The summed E-state index contributed by atoms with van der Waals surface area (Å²) in [5.74, 6) is 1.66. The van der Waals surface area contributed by atoms with Crippen LogP contribution in [0.15, 0.2) is 18.2 Å². The van der Waals surface area contributed by atoms with Crippen LogP contribution in [0.4, 0.5) is 0 Å². The molecule has 1 aliphatic carbocycles. The summed E-state index contributed by atoms with van der Waals surface area (Å²) in [5.41, 5.74) is 7.87. The van der Waals surface area contributed by atoms with E-state index in [1.807, 2.05) is 25.1 Å². The van der Waals surface area contributed by atoms with Crippen LogP contribution in [-0.2, 0) is 11.3 Å². The van der Waals surface area contributed by atoms with Crippen molar-refractivity contribution in [3.8, 4) is 5.75 Å². The van der Waals surface area contributed by atoms with Gasteiger partial charge in [-0.15, -0.1) is 12.4 Å². The van der Waals surface area contributed by atoms with Gasteiger partial charge in [-0.05, 0) is 50.7 Å². The first-order chi connectivity index (χ1) is 10.0. The second kappa shape index (κ2) is 9.01. The number of carbonyl (C=O) groups excluding carboxylic acids is 1. The summed E-state index contributed by atoms with van der Waals surface area (Å²) >= 11 is 0. The molecule has 3 N–H and O–H groups in total. The summed E-state index contributed by atoms with van der Waals surface area (Å²) in [5, 5.41) is 2.94. The van der Waals surface area contributed by atoms with Crippen molar-refractivity contribution in [3.63, 3.8) is 0 Å². The van der Waals surface area contributed by atoms with Crippen LogP contribution in [0, 0.1) is 12.8 Å². The van der Waals surface area contributed by atoms with Gasteiger partial charge in [-0.1, -0.05) is 12.1 Å². The van der Waals surface area contributed by atoms with Crippen molar-refractivity contribution in [2.24, 2.45) is 11.7 Å². The lowest BCUT2D eigenvalue weighted by Gasteiger charge is -2.13. The van der Waals surface area contributed by atoms with Crippen molar-refractivity contribution in [1.29, 1.82) is 0 Å². The molecule has 1 amide bonds. The van der Waals surface area contributed by atoms with Crippen LogP contribution in [0.1, 0.15) is 43.7 Å². The Morgan fingerprint density at radius 2 is 2.18 bits per heavy atom. The van der Waals surface area contributed by atoms with Gasteiger partial charge in [0.15, 0.2) is 0 Å². The van der Waals surface area contributed by atoms with Crippen LogP contribution in [0.3, 0.4) is 0 Å². The zero-order valence-corrected chi connectivity index (χ0v) is 14.2. The van der Waals surface area contributed by atoms with Crippen molar-refractivity contribution < 1.29 is 9.53 Å². The number of halogens is 1. The number of hydrogen-bond donors (Lipinski definition) is 2. The second-order valence-electron chi connectivity index (χ2n) is 6.16. The van der Waals surface area contributed by atoms with Gasteiger partial charge in [-0.2, -0.15) is 0 Å². The summed E-state index contributed by atoms with van der Waals surface area (Å²) in [6.45, 7) is 5.26. The molecule has 0 saturated heterocycles. The largest absolute Gasteiger partial charge is 0.493 e. The maximum atomic E-state index is 11.8. The van der Waals surface area contributed by atoms with Gasteiger partial charge >= 0.3 is 0 Å². The summed E-state index contributed by atoms with van der Waals surface area (Å²) in [4.78, 5) is 11.8. The Morgan fingerprint density at radius 1 is 1.45 bits per heavy atom. The topological polar surface area (TPSA) is 64.4 Å². The number of nitrogens with two attached hydrogens (primary N) is 1. The van der Waals surface area contributed by atoms with Gasteiger partial charge in [0.05, 0.1) is 6.61 Å². The second-order valence-corrected chi connectivity index (χ2v) is 6.16. The standard InChI is InChI=1S/C17H26N2O2.ClH/c1-12-3-7-15(10-19-17(20)8-4-13(2)18)16(9-12)21-11-14-5-6-14;/h3,7,9,13-14H,4-6,8,10-11,18H2,1-2H3,(H,19,20);1H. The zero-order chi connectivity index (χ0) is 15.2. The molecule has 1 saturated carbocycles. The Labute approximate surface area is 139 Å². The van der Waals surface area contributed by atoms with Crippen molar-refractivity contribution in [1.82, 2.24) is 5.32 Å². The lowest BCUT2D eigenvalue weighted by atomic mass is 10.1. The smallest absolute Gasteiger partial charge is 0.220 e.